The number of rotatable bonds is 3. The van der Waals surface area contributed by atoms with Gasteiger partial charge in [0.1, 0.15) is 5.52 Å². The molecule has 0 saturated carbocycles. The molecule has 1 aromatic carbocycles. The zero-order chi connectivity index (χ0) is 15.4. The van der Waals surface area contributed by atoms with Crippen LogP contribution in [-0.2, 0) is 9.59 Å². The van der Waals surface area contributed by atoms with Crippen LogP contribution in [0.4, 0.5) is 11.7 Å². The van der Waals surface area contributed by atoms with E-state index in [1.165, 1.54) is 6.92 Å². The number of fused-ring (bicyclic) bond motifs is 1. The summed E-state index contributed by atoms with van der Waals surface area (Å²) in [4.78, 5) is 26.4. The van der Waals surface area contributed by atoms with Crippen LogP contribution < -0.4 is 16.0 Å². The highest BCUT2D eigenvalue weighted by Crippen LogP contribution is 2.22. The van der Waals surface area contributed by atoms with Crippen LogP contribution in [0.25, 0.3) is 11.1 Å². The Bertz CT molecular complexity index is 711. The predicted molar refractivity (Wildman–Crippen MR) is 83.0 cm³/mol. The first-order valence-corrected chi connectivity index (χ1v) is 6.67. The van der Waals surface area contributed by atoms with Crippen LogP contribution in [0.15, 0.2) is 22.6 Å². The predicted octanol–water partition coefficient (Wildman–Crippen LogP) is 2.01. The number of oxazole rings is 1. The van der Waals surface area contributed by atoms with Crippen LogP contribution >= 0.6 is 12.2 Å². The smallest absolute Gasteiger partial charge is 0.302 e. The van der Waals surface area contributed by atoms with Crippen LogP contribution in [0, 0.1) is 0 Å². The Hall–Kier alpha value is -2.48. The van der Waals surface area contributed by atoms with Crippen LogP contribution in [0.3, 0.4) is 0 Å². The number of hydrogen-bond acceptors (Lipinski definition) is 5. The number of carbonyl (C=O) groups excluding carboxylic acids is 2. The van der Waals surface area contributed by atoms with E-state index in [4.69, 9.17) is 16.6 Å². The number of carbonyl (C=O) groups is 2. The van der Waals surface area contributed by atoms with Crippen molar-refractivity contribution in [3.8, 4) is 0 Å². The molecule has 0 atom stereocenters. The van der Waals surface area contributed by atoms with Crippen molar-refractivity contribution in [1.29, 1.82) is 0 Å². The van der Waals surface area contributed by atoms with Crippen molar-refractivity contribution in [1.82, 2.24) is 10.3 Å². The first-order chi connectivity index (χ1) is 9.97. The monoisotopic (exact) mass is 306 g/mol. The largest absolute Gasteiger partial charge is 0.423 e. The van der Waals surface area contributed by atoms with Crippen molar-refractivity contribution in [2.45, 2.75) is 20.3 Å². The van der Waals surface area contributed by atoms with Gasteiger partial charge in [-0.2, -0.15) is 4.98 Å². The number of aromatic nitrogens is 1. The number of nitrogens with zero attached hydrogens (tertiary/aromatic N) is 1. The molecule has 0 radical (unpaired) electrons. The fraction of sp³-hybridized carbons (Fsp3) is 0.231. The molecule has 1 heterocycles. The molecule has 0 aliphatic carbocycles. The van der Waals surface area contributed by atoms with Gasteiger partial charge in [0.2, 0.25) is 11.8 Å². The summed E-state index contributed by atoms with van der Waals surface area (Å²) in [7, 11) is 0. The van der Waals surface area contributed by atoms with Gasteiger partial charge in [-0.05, 0) is 24.4 Å². The molecule has 2 aromatic rings. The molecule has 0 aliphatic rings. The van der Waals surface area contributed by atoms with Gasteiger partial charge in [0.05, 0.1) is 0 Å². The zero-order valence-electron chi connectivity index (χ0n) is 11.5. The van der Waals surface area contributed by atoms with Crippen molar-refractivity contribution in [2.75, 3.05) is 10.6 Å². The van der Waals surface area contributed by atoms with Crippen molar-refractivity contribution in [3.63, 3.8) is 0 Å². The van der Waals surface area contributed by atoms with E-state index in [0.29, 0.717) is 23.2 Å². The molecule has 21 heavy (non-hydrogen) atoms. The average molecular weight is 306 g/mol. The van der Waals surface area contributed by atoms with Crippen LogP contribution in [-0.4, -0.2) is 21.9 Å². The lowest BCUT2D eigenvalue weighted by Gasteiger charge is -2.04. The van der Waals surface area contributed by atoms with E-state index >= 15 is 0 Å². The summed E-state index contributed by atoms with van der Waals surface area (Å²) >= 11 is 4.97. The molecular weight excluding hydrogens is 292 g/mol. The maximum absolute atomic E-state index is 11.2. The fourth-order valence-electron chi connectivity index (χ4n) is 1.60. The van der Waals surface area contributed by atoms with Crippen molar-refractivity contribution < 1.29 is 14.0 Å². The lowest BCUT2D eigenvalue weighted by Crippen LogP contribution is -2.33. The molecule has 0 spiro atoms. The second kappa shape index (κ2) is 6.31. The fourth-order valence-corrected chi connectivity index (χ4v) is 1.80. The van der Waals surface area contributed by atoms with Gasteiger partial charge in [-0.15, -0.1) is 0 Å². The summed E-state index contributed by atoms with van der Waals surface area (Å²) in [5, 5.41) is 7.95. The van der Waals surface area contributed by atoms with Gasteiger partial charge in [-0.1, -0.05) is 6.92 Å². The lowest BCUT2D eigenvalue weighted by molar-refractivity contribution is -0.119. The van der Waals surface area contributed by atoms with Crippen LogP contribution in [0.5, 0.6) is 0 Å². The van der Waals surface area contributed by atoms with Gasteiger partial charge >= 0.3 is 6.01 Å². The number of thiocarbonyl (C=S) groups is 1. The summed E-state index contributed by atoms with van der Waals surface area (Å²) in [6.07, 6.45) is 0.329. The summed E-state index contributed by atoms with van der Waals surface area (Å²) in [6.45, 7) is 3.15. The van der Waals surface area contributed by atoms with Crippen LogP contribution in [0.1, 0.15) is 20.3 Å². The number of nitrogens with one attached hydrogen (secondary N) is 3. The molecule has 7 nitrogen and oxygen atoms in total. The Morgan fingerprint density at radius 3 is 2.76 bits per heavy atom. The third-order valence-corrected chi connectivity index (χ3v) is 2.71. The third-order valence-electron chi connectivity index (χ3n) is 2.50. The molecule has 8 heteroatoms. The van der Waals surface area contributed by atoms with E-state index < -0.39 is 0 Å². The molecule has 0 saturated heterocycles. The Morgan fingerprint density at radius 2 is 2.10 bits per heavy atom. The Kier molecular flexibility index (Phi) is 4.49. The highest BCUT2D eigenvalue weighted by atomic mass is 32.1. The van der Waals surface area contributed by atoms with Crippen molar-refractivity contribution in [3.05, 3.63) is 18.2 Å². The van der Waals surface area contributed by atoms with Gasteiger partial charge in [-0.3, -0.25) is 14.9 Å². The van der Waals surface area contributed by atoms with E-state index in [2.05, 4.69) is 20.9 Å². The minimum absolute atomic E-state index is 0.121. The van der Waals surface area contributed by atoms with Gasteiger partial charge < -0.3 is 15.1 Å². The summed E-state index contributed by atoms with van der Waals surface area (Å²) in [6, 6.07) is 5.25. The molecule has 2 rings (SSSR count). The van der Waals surface area contributed by atoms with E-state index in [9.17, 15) is 9.59 Å². The topological polar surface area (TPSA) is 96.3 Å². The van der Waals surface area contributed by atoms with Gasteiger partial charge in [0.15, 0.2) is 10.7 Å². The molecule has 1 aromatic heterocycles. The van der Waals surface area contributed by atoms with Crippen molar-refractivity contribution in [2.24, 2.45) is 0 Å². The average Bonchev–Trinajstić information content (AvgIpc) is 2.78. The summed E-state index contributed by atoms with van der Waals surface area (Å²) in [5.74, 6) is -0.368. The molecule has 0 aliphatic heterocycles. The summed E-state index contributed by atoms with van der Waals surface area (Å²) in [5.41, 5.74) is 1.71. The molecule has 3 N–H and O–H groups in total. The molecule has 0 unspecified atom stereocenters. The molecule has 0 bridgehead atoms. The Labute approximate surface area is 126 Å². The normalized spacial score (nSPS) is 10.2. The summed E-state index contributed by atoms with van der Waals surface area (Å²) < 4.78 is 5.46. The number of hydrogen-bond donors (Lipinski definition) is 3. The second-order valence-corrected chi connectivity index (χ2v) is 4.65. The first kappa shape index (κ1) is 14.9. The molecule has 110 valence electrons. The quantitative estimate of drug-likeness (QED) is 0.751. The number of anilines is 2. The van der Waals surface area contributed by atoms with E-state index in [1.54, 1.807) is 25.1 Å². The molecule has 0 fully saturated rings. The molecule has 2 amide bonds. The lowest BCUT2D eigenvalue weighted by atomic mass is 10.3. The third kappa shape index (κ3) is 3.99. The molecular formula is C13H14N4O3S. The maximum atomic E-state index is 11.2. The Morgan fingerprint density at radius 1 is 1.33 bits per heavy atom. The minimum Gasteiger partial charge on any atom is -0.423 e. The van der Waals surface area contributed by atoms with Crippen molar-refractivity contribution >= 4 is 51.9 Å². The maximum Gasteiger partial charge on any atom is 0.302 e. The van der Waals surface area contributed by atoms with E-state index in [1.807, 2.05) is 0 Å². The zero-order valence-corrected chi connectivity index (χ0v) is 12.3. The SMILES string of the molecule is CCC(=O)NC(=S)Nc1nc2ccc(NC(C)=O)cc2o1. The first-order valence-electron chi connectivity index (χ1n) is 6.27. The standard InChI is InChI=1S/C13H14N4O3S/c1-3-11(19)16-13(21)17-12-15-9-5-4-8(14-7(2)18)6-10(9)20-12/h4-6H,3H2,1-2H3,(H,14,18)(H2,15,16,17,19,21). The van der Waals surface area contributed by atoms with E-state index in [0.717, 1.165) is 0 Å². The Balaban J connectivity index is 2.13. The highest BCUT2D eigenvalue weighted by molar-refractivity contribution is 7.80. The van der Waals surface area contributed by atoms with Gasteiger partial charge in [0.25, 0.3) is 0 Å². The highest BCUT2D eigenvalue weighted by Gasteiger charge is 2.09. The second-order valence-electron chi connectivity index (χ2n) is 4.24. The minimum atomic E-state index is -0.198. The number of amides is 2. The van der Waals surface area contributed by atoms with Gasteiger partial charge in [0, 0.05) is 25.1 Å². The number of benzene rings is 1. The van der Waals surface area contributed by atoms with E-state index in [-0.39, 0.29) is 22.9 Å². The van der Waals surface area contributed by atoms with Gasteiger partial charge in [-0.25, -0.2) is 0 Å². The van der Waals surface area contributed by atoms with Crippen LogP contribution in [0.2, 0.25) is 0 Å².